The van der Waals surface area contributed by atoms with Crippen LogP contribution in [0.1, 0.15) is 48.3 Å². The molecular weight excluding hydrogens is 512 g/mol. The lowest BCUT2D eigenvalue weighted by Gasteiger charge is -2.28. The van der Waals surface area contributed by atoms with E-state index in [4.69, 9.17) is 0 Å². The normalized spacial score (nSPS) is 14.8. The van der Waals surface area contributed by atoms with Gasteiger partial charge >= 0.3 is 0 Å². The molecule has 2 aromatic carbocycles. The summed E-state index contributed by atoms with van der Waals surface area (Å²) in [5.74, 6) is -0.115. The molecular formula is C33H38N6O2. The van der Waals surface area contributed by atoms with Crippen molar-refractivity contribution in [2.24, 2.45) is 0 Å². The van der Waals surface area contributed by atoms with E-state index in [0.717, 1.165) is 54.9 Å². The van der Waals surface area contributed by atoms with Crippen LogP contribution in [-0.4, -0.2) is 62.6 Å². The van der Waals surface area contributed by atoms with E-state index >= 15 is 0 Å². The Morgan fingerprint density at radius 2 is 1.76 bits per heavy atom. The quantitative estimate of drug-likeness (QED) is 0.328. The van der Waals surface area contributed by atoms with Gasteiger partial charge in [-0.05, 0) is 59.4 Å². The second-order valence-electron chi connectivity index (χ2n) is 10.6. The number of nitrogens with zero attached hydrogens (tertiary/aromatic N) is 6. The van der Waals surface area contributed by atoms with Crippen LogP contribution >= 0.6 is 0 Å². The molecule has 1 aliphatic heterocycles. The molecule has 4 aromatic rings. The van der Waals surface area contributed by atoms with E-state index in [1.165, 1.54) is 5.56 Å². The molecule has 0 bridgehead atoms. The van der Waals surface area contributed by atoms with Crippen molar-refractivity contribution < 1.29 is 9.59 Å². The van der Waals surface area contributed by atoms with Crippen LogP contribution in [0.3, 0.4) is 0 Å². The Balaban J connectivity index is 1.52. The Labute approximate surface area is 242 Å². The van der Waals surface area contributed by atoms with Gasteiger partial charge in [0.2, 0.25) is 5.91 Å². The monoisotopic (exact) mass is 550 g/mol. The zero-order chi connectivity index (χ0) is 28.6. The molecule has 0 spiro atoms. The summed E-state index contributed by atoms with van der Waals surface area (Å²) in [6, 6.07) is 22.3. The molecule has 3 heterocycles. The molecule has 0 radical (unpaired) electrons. The summed E-state index contributed by atoms with van der Waals surface area (Å²) in [4.78, 5) is 37.3. The second-order valence-corrected chi connectivity index (χ2v) is 10.6. The van der Waals surface area contributed by atoms with Crippen LogP contribution < -0.4 is 4.90 Å². The van der Waals surface area contributed by atoms with E-state index in [-0.39, 0.29) is 11.8 Å². The zero-order valence-electron chi connectivity index (χ0n) is 23.9. The number of fused-ring (bicyclic) bond motifs is 1. The number of aryl methyl sites for hydroxylation is 1. The van der Waals surface area contributed by atoms with Gasteiger partial charge in [0.15, 0.2) is 0 Å². The fourth-order valence-electron chi connectivity index (χ4n) is 5.41. The van der Waals surface area contributed by atoms with Gasteiger partial charge in [0, 0.05) is 77.0 Å². The molecule has 8 heteroatoms. The van der Waals surface area contributed by atoms with Crippen LogP contribution in [0.4, 0.5) is 5.69 Å². The smallest absolute Gasteiger partial charge is 0.274 e. The molecule has 0 saturated heterocycles. The van der Waals surface area contributed by atoms with Gasteiger partial charge in [-0.15, -0.1) is 0 Å². The third kappa shape index (κ3) is 7.08. The van der Waals surface area contributed by atoms with E-state index in [2.05, 4.69) is 52.2 Å². The minimum absolute atomic E-state index is 0.00887. The van der Waals surface area contributed by atoms with E-state index in [1.54, 1.807) is 19.2 Å². The summed E-state index contributed by atoms with van der Waals surface area (Å²) < 4.78 is 1.83. The molecule has 2 aromatic heterocycles. The fraction of sp³-hybridized carbons (Fsp3) is 0.333. The van der Waals surface area contributed by atoms with Crippen molar-refractivity contribution in [3.05, 3.63) is 102 Å². The lowest BCUT2D eigenvalue weighted by atomic mass is 10.0. The van der Waals surface area contributed by atoms with Gasteiger partial charge in [0.1, 0.15) is 5.69 Å². The van der Waals surface area contributed by atoms with Gasteiger partial charge in [-0.3, -0.25) is 24.2 Å². The number of benzene rings is 2. The summed E-state index contributed by atoms with van der Waals surface area (Å²) >= 11 is 0. The average Bonchev–Trinajstić information content (AvgIpc) is 3.45. The highest BCUT2D eigenvalue weighted by atomic mass is 16.2. The van der Waals surface area contributed by atoms with E-state index in [0.29, 0.717) is 31.9 Å². The lowest BCUT2D eigenvalue weighted by molar-refractivity contribution is -0.116. The SMILES string of the molecule is CCCn1ccc(C(=O)N2CCN(Cc3ccccc3)CCCN(C(C)=O)c3ccc(-c4cccnc4)cc3C2)n1. The molecule has 0 aliphatic carbocycles. The standard InChI is InChI=1S/C33H38N6O2/c1-3-16-38-19-14-31(35-38)33(41)37-21-20-36(24-27-9-5-4-6-10-27)17-8-18-39(26(2)40)32-13-12-28(22-30(32)25-37)29-11-7-15-34-23-29/h4-7,9-15,19,22-23H,3,8,16-18,20-21,24-25H2,1-2H3. The largest absolute Gasteiger partial charge is 0.332 e. The van der Waals surface area contributed by atoms with Crippen LogP contribution in [0.5, 0.6) is 0 Å². The minimum atomic E-state index is -0.106. The Kier molecular flexibility index (Phi) is 9.21. The van der Waals surface area contributed by atoms with Gasteiger partial charge in [0.05, 0.1) is 0 Å². The Morgan fingerprint density at radius 1 is 0.902 bits per heavy atom. The molecule has 8 nitrogen and oxygen atoms in total. The van der Waals surface area contributed by atoms with Crippen molar-refractivity contribution in [1.82, 2.24) is 24.6 Å². The van der Waals surface area contributed by atoms with Crippen LogP contribution in [0.2, 0.25) is 0 Å². The first-order valence-corrected chi connectivity index (χ1v) is 14.4. The van der Waals surface area contributed by atoms with E-state index < -0.39 is 0 Å². The third-order valence-corrected chi connectivity index (χ3v) is 7.50. The number of amides is 2. The van der Waals surface area contributed by atoms with Crippen LogP contribution in [0.15, 0.2) is 85.3 Å². The van der Waals surface area contributed by atoms with Gasteiger partial charge < -0.3 is 9.80 Å². The Bertz CT molecular complexity index is 1450. The molecule has 2 amide bonds. The maximum atomic E-state index is 14.0. The molecule has 0 unspecified atom stereocenters. The maximum absolute atomic E-state index is 14.0. The summed E-state index contributed by atoms with van der Waals surface area (Å²) in [7, 11) is 0. The van der Waals surface area contributed by atoms with E-state index in [1.807, 2.05) is 57.2 Å². The molecule has 0 saturated carbocycles. The Morgan fingerprint density at radius 3 is 2.51 bits per heavy atom. The summed E-state index contributed by atoms with van der Waals surface area (Å²) in [5, 5.41) is 4.58. The first-order chi connectivity index (χ1) is 20.0. The number of aromatic nitrogens is 3. The number of rotatable bonds is 6. The molecule has 0 fully saturated rings. The van der Waals surface area contributed by atoms with Crippen LogP contribution in [-0.2, 0) is 24.4 Å². The van der Waals surface area contributed by atoms with Crippen molar-refractivity contribution in [1.29, 1.82) is 0 Å². The molecule has 212 valence electrons. The van der Waals surface area contributed by atoms with Gasteiger partial charge in [-0.25, -0.2) is 0 Å². The van der Waals surface area contributed by atoms with Crippen LogP contribution in [0.25, 0.3) is 11.1 Å². The Hall–Kier alpha value is -4.30. The number of hydrogen-bond donors (Lipinski definition) is 0. The van der Waals surface area contributed by atoms with Gasteiger partial charge in [-0.1, -0.05) is 49.4 Å². The average molecular weight is 551 g/mol. The van der Waals surface area contributed by atoms with Crippen molar-refractivity contribution in [2.45, 2.75) is 46.3 Å². The topological polar surface area (TPSA) is 74.6 Å². The highest BCUT2D eigenvalue weighted by Gasteiger charge is 2.25. The highest BCUT2D eigenvalue weighted by molar-refractivity contribution is 5.94. The summed E-state index contributed by atoms with van der Waals surface area (Å²) in [6.07, 6.45) is 7.23. The molecule has 0 N–H and O–H groups in total. The fourth-order valence-corrected chi connectivity index (χ4v) is 5.41. The molecule has 1 aliphatic rings. The summed E-state index contributed by atoms with van der Waals surface area (Å²) in [5.41, 5.74) is 5.43. The van der Waals surface area contributed by atoms with Crippen molar-refractivity contribution in [2.75, 3.05) is 31.1 Å². The molecule has 0 atom stereocenters. The predicted molar refractivity (Wildman–Crippen MR) is 161 cm³/mol. The number of pyridine rings is 1. The van der Waals surface area contributed by atoms with Crippen molar-refractivity contribution >= 4 is 17.5 Å². The van der Waals surface area contributed by atoms with Crippen molar-refractivity contribution in [3.63, 3.8) is 0 Å². The lowest BCUT2D eigenvalue weighted by Crippen LogP contribution is -2.38. The second kappa shape index (κ2) is 13.4. The predicted octanol–water partition coefficient (Wildman–Crippen LogP) is 5.26. The van der Waals surface area contributed by atoms with Crippen molar-refractivity contribution in [3.8, 4) is 11.1 Å². The number of carbonyl (C=O) groups is 2. The van der Waals surface area contributed by atoms with Gasteiger partial charge in [0.25, 0.3) is 5.91 Å². The molecule has 41 heavy (non-hydrogen) atoms. The minimum Gasteiger partial charge on any atom is -0.332 e. The first kappa shape index (κ1) is 28.2. The zero-order valence-corrected chi connectivity index (χ0v) is 23.9. The number of hydrogen-bond acceptors (Lipinski definition) is 5. The number of anilines is 1. The summed E-state index contributed by atoms with van der Waals surface area (Å²) in [6.45, 7) is 8.31. The van der Waals surface area contributed by atoms with E-state index in [9.17, 15) is 9.59 Å². The maximum Gasteiger partial charge on any atom is 0.274 e. The third-order valence-electron chi connectivity index (χ3n) is 7.50. The molecule has 5 rings (SSSR count). The highest BCUT2D eigenvalue weighted by Crippen LogP contribution is 2.30. The first-order valence-electron chi connectivity index (χ1n) is 14.4. The van der Waals surface area contributed by atoms with Crippen LogP contribution in [0, 0.1) is 0 Å². The van der Waals surface area contributed by atoms with Gasteiger partial charge in [-0.2, -0.15) is 5.10 Å². The number of carbonyl (C=O) groups excluding carboxylic acids is 2.